The molecule has 1 aliphatic carbocycles. The minimum absolute atomic E-state index is 0. The van der Waals surface area contributed by atoms with E-state index in [1.54, 1.807) is 0 Å². The number of hydrogen-bond acceptors (Lipinski definition) is 1. The second kappa shape index (κ2) is 10.5. The Labute approximate surface area is 74.5 Å². The monoisotopic (exact) mass is 189 g/mol. The van der Waals surface area contributed by atoms with E-state index in [2.05, 4.69) is 6.42 Å². The van der Waals surface area contributed by atoms with Crippen LogP contribution >= 0.6 is 0 Å². The van der Waals surface area contributed by atoms with E-state index in [-0.39, 0.29) is 32.7 Å². The van der Waals surface area contributed by atoms with Gasteiger partial charge in [-0.05, 0) is 0 Å². The van der Waals surface area contributed by atoms with Gasteiger partial charge in [0.05, 0.1) is 0 Å². The Bertz CT molecular complexity index is 39.7. The Morgan fingerprint density at radius 3 is 1.62 bits per heavy atom. The van der Waals surface area contributed by atoms with Gasteiger partial charge >= 0.3 is 0 Å². The van der Waals surface area contributed by atoms with E-state index in [0.29, 0.717) is 6.47 Å². The molecule has 0 atom stereocenters. The Morgan fingerprint density at radius 1 is 1.50 bits per heavy atom. The van der Waals surface area contributed by atoms with Gasteiger partial charge in [0, 0.05) is 32.7 Å². The second-order valence-corrected chi connectivity index (χ2v) is 1.31. The quantitative estimate of drug-likeness (QED) is 0.576. The third-order valence-corrected chi connectivity index (χ3v) is 0.816. The SMILES string of the molecule is O=[C-]O.[CH-]1CCC1.[Y]. The molecule has 0 amide bonds. The Hall–Kier alpha value is 0.574. The van der Waals surface area contributed by atoms with E-state index in [0.717, 1.165) is 0 Å². The van der Waals surface area contributed by atoms with E-state index < -0.39 is 0 Å². The molecule has 0 aromatic heterocycles. The second-order valence-electron chi connectivity index (χ2n) is 1.31. The Kier molecular flexibility index (Phi) is 15.0. The van der Waals surface area contributed by atoms with Crippen LogP contribution in [0, 0.1) is 6.42 Å². The van der Waals surface area contributed by atoms with Crippen LogP contribution in [0.25, 0.3) is 0 Å². The zero-order valence-corrected chi connectivity index (χ0v) is 7.47. The summed E-state index contributed by atoms with van der Waals surface area (Å²) < 4.78 is 0. The van der Waals surface area contributed by atoms with Crippen molar-refractivity contribution in [2.75, 3.05) is 0 Å². The van der Waals surface area contributed by atoms with Gasteiger partial charge in [0.25, 0.3) is 0 Å². The summed E-state index contributed by atoms with van der Waals surface area (Å²) in [6.07, 6.45) is 6.50. The molecule has 0 heterocycles. The minimum atomic E-state index is 0. The fourth-order valence-electron chi connectivity index (χ4n) is 0.204. The number of hydrogen-bond donors (Lipinski definition) is 1. The van der Waals surface area contributed by atoms with Crippen molar-refractivity contribution in [3.05, 3.63) is 6.42 Å². The molecule has 1 aliphatic rings. The van der Waals surface area contributed by atoms with Gasteiger partial charge in [-0.3, -0.25) is 0 Å². The fourth-order valence-corrected chi connectivity index (χ4v) is 0.204. The maximum Gasteiger partial charge on any atom is 0 e. The molecule has 1 N–H and O–H groups in total. The van der Waals surface area contributed by atoms with Gasteiger partial charge in [0.1, 0.15) is 0 Å². The van der Waals surface area contributed by atoms with E-state index in [1.807, 2.05) is 0 Å². The van der Waals surface area contributed by atoms with Crippen molar-refractivity contribution in [1.29, 1.82) is 0 Å². The molecule has 0 aromatic rings. The third kappa shape index (κ3) is 9.76. The van der Waals surface area contributed by atoms with Gasteiger partial charge in [-0.1, -0.05) is 6.47 Å². The van der Waals surface area contributed by atoms with Crippen molar-refractivity contribution in [3.63, 3.8) is 0 Å². The van der Waals surface area contributed by atoms with Gasteiger partial charge in [0.2, 0.25) is 0 Å². The average Bonchev–Trinajstić information content (AvgIpc) is 1.27. The zero-order chi connectivity index (χ0) is 5.54. The van der Waals surface area contributed by atoms with Crippen LogP contribution in [-0.2, 0) is 37.5 Å². The predicted molar refractivity (Wildman–Crippen MR) is 26.5 cm³/mol. The zero-order valence-electron chi connectivity index (χ0n) is 4.63. The molecule has 0 spiro atoms. The Balaban J connectivity index is 0. The maximum absolute atomic E-state index is 8.24. The van der Waals surface area contributed by atoms with Crippen LogP contribution in [0.2, 0.25) is 0 Å². The van der Waals surface area contributed by atoms with Gasteiger partial charge in [-0.2, -0.15) is 12.8 Å². The van der Waals surface area contributed by atoms with Gasteiger partial charge in [-0.15, -0.1) is 6.42 Å². The molecule has 1 fully saturated rings. The summed E-state index contributed by atoms with van der Waals surface area (Å²) in [4.78, 5) is 8.24. The first-order chi connectivity index (χ1) is 3.41. The molecule has 0 bridgehead atoms. The molecule has 0 aromatic carbocycles. The van der Waals surface area contributed by atoms with Crippen molar-refractivity contribution in [1.82, 2.24) is 0 Å². The van der Waals surface area contributed by atoms with Gasteiger partial charge in [0.15, 0.2) is 0 Å². The molecular weight excluding hydrogens is 181 g/mol. The first-order valence-corrected chi connectivity index (χ1v) is 2.24. The first-order valence-electron chi connectivity index (χ1n) is 2.24. The molecule has 45 valence electrons. The normalized spacial score (nSPS) is 13.5. The van der Waals surface area contributed by atoms with Crippen molar-refractivity contribution in [2.24, 2.45) is 0 Å². The topological polar surface area (TPSA) is 37.3 Å². The first kappa shape index (κ1) is 11.4. The molecule has 3 heteroatoms. The summed E-state index contributed by atoms with van der Waals surface area (Å²) in [6, 6.07) is 0. The van der Waals surface area contributed by atoms with Crippen LogP contribution in [0.15, 0.2) is 0 Å². The standard InChI is InChI=1S/C4H7.CHO2.Y/c1-2-4-3-1;2-1-3;/h1H,2-4H2;(H,2,3);/q2*-1;. The van der Waals surface area contributed by atoms with Crippen LogP contribution in [0.3, 0.4) is 0 Å². The maximum atomic E-state index is 8.24. The Morgan fingerprint density at radius 2 is 1.62 bits per heavy atom. The predicted octanol–water partition coefficient (Wildman–Crippen LogP) is 0.984. The molecule has 0 unspecified atom stereocenters. The summed E-state index contributed by atoms with van der Waals surface area (Å²) in [6.45, 7) is 0.500. The largest absolute Gasteiger partial charge is 0.665 e. The van der Waals surface area contributed by atoms with E-state index in [4.69, 9.17) is 9.90 Å². The molecule has 1 radical (unpaired) electrons. The van der Waals surface area contributed by atoms with E-state index in [1.165, 1.54) is 19.3 Å². The number of rotatable bonds is 0. The van der Waals surface area contributed by atoms with Crippen molar-refractivity contribution in [3.8, 4) is 0 Å². The van der Waals surface area contributed by atoms with Gasteiger partial charge in [-0.25, -0.2) is 0 Å². The average molecular weight is 189 g/mol. The molecule has 2 nitrogen and oxygen atoms in total. The molecule has 1 rings (SSSR count). The molecule has 0 saturated heterocycles. The van der Waals surface area contributed by atoms with Crippen LogP contribution in [0.5, 0.6) is 0 Å². The molecular formula is C5H8O2Y-2. The summed E-state index contributed by atoms with van der Waals surface area (Å²) in [5, 5.41) is 6.76. The van der Waals surface area contributed by atoms with Crippen molar-refractivity contribution in [2.45, 2.75) is 19.3 Å². The van der Waals surface area contributed by atoms with Crippen molar-refractivity contribution < 1.29 is 42.6 Å². The van der Waals surface area contributed by atoms with Crippen molar-refractivity contribution >= 4 is 6.47 Å². The van der Waals surface area contributed by atoms with Crippen LogP contribution in [0.1, 0.15) is 19.3 Å². The summed E-state index contributed by atoms with van der Waals surface area (Å²) in [5.74, 6) is 0. The van der Waals surface area contributed by atoms with E-state index in [9.17, 15) is 0 Å². The van der Waals surface area contributed by atoms with Crippen LogP contribution in [-0.4, -0.2) is 11.6 Å². The third-order valence-electron chi connectivity index (χ3n) is 0.816. The summed E-state index contributed by atoms with van der Waals surface area (Å²) >= 11 is 0. The van der Waals surface area contributed by atoms with E-state index >= 15 is 0 Å². The number of aliphatic hydroxyl groups excluding tert-OH is 1. The smallest absolute Gasteiger partial charge is 0 e. The van der Waals surface area contributed by atoms with Crippen LogP contribution in [0.4, 0.5) is 0 Å². The summed E-state index contributed by atoms with van der Waals surface area (Å²) in [7, 11) is 0. The summed E-state index contributed by atoms with van der Waals surface area (Å²) in [5.41, 5.74) is 0. The van der Waals surface area contributed by atoms with Gasteiger partial charge < -0.3 is 16.3 Å². The molecule has 8 heavy (non-hydrogen) atoms. The van der Waals surface area contributed by atoms with Crippen LogP contribution < -0.4 is 0 Å². The molecule has 0 aliphatic heterocycles. The fraction of sp³-hybridized carbons (Fsp3) is 0.600. The minimum Gasteiger partial charge on any atom is -0.665 e. The molecule has 1 saturated carbocycles.